The Morgan fingerprint density at radius 2 is 1.78 bits per heavy atom. The minimum atomic E-state index is -1.10. The molecule has 3 aromatic rings. The Labute approximate surface area is 191 Å². The number of hydrogen-bond donors (Lipinski definition) is 2. The number of aromatic amines is 2. The summed E-state index contributed by atoms with van der Waals surface area (Å²) in [6.07, 6.45) is 2.69. The first-order valence-corrected chi connectivity index (χ1v) is 10.1. The second kappa shape index (κ2) is 10.2. The molecule has 32 heavy (non-hydrogen) atoms. The van der Waals surface area contributed by atoms with Gasteiger partial charge in [0.15, 0.2) is 11.5 Å². The van der Waals surface area contributed by atoms with Gasteiger partial charge in [-0.3, -0.25) is 19.9 Å². The van der Waals surface area contributed by atoms with Gasteiger partial charge in [0.2, 0.25) is 0 Å². The largest absolute Gasteiger partial charge is 0.490 e. The molecule has 0 aliphatic carbocycles. The van der Waals surface area contributed by atoms with Crippen LogP contribution in [0.15, 0.2) is 46.0 Å². The smallest absolute Gasteiger partial charge is 0.357 e. The standard InChI is InChI=1S/C21H17Cl2N3O6/c1-2-31-17-10-13(5-8-16-18(26(29)30)20(27)25-21(28)24-16)9-15(23)19(17)32-11-12-3-6-14(22)7-4-12/h3-10H,2,11H2,1H3,(H2,24,25,27,28)/b8-5-. The molecule has 1 heterocycles. The normalized spacial score (nSPS) is 11.0. The van der Waals surface area contributed by atoms with E-state index >= 15 is 0 Å². The molecule has 166 valence electrons. The molecule has 11 heteroatoms. The zero-order valence-electron chi connectivity index (χ0n) is 16.7. The molecular weight excluding hydrogens is 461 g/mol. The van der Waals surface area contributed by atoms with Crippen LogP contribution in [0.25, 0.3) is 12.2 Å². The molecule has 9 nitrogen and oxygen atoms in total. The minimum absolute atomic E-state index is 0.229. The van der Waals surface area contributed by atoms with Crippen molar-refractivity contribution in [1.82, 2.24) is 9.97 Å². The minimum Gasteiger partial charge on any atom is -0.490 e. The van der Waals surface area contributed by atoms with E-state index in [1.807, 2.05) is 17.1 Å². The Morgan fingerprint density at radius 3 is 2.44 bits per heavy atom. The molecule has 0 aliphatic rings. The number of H-pyrrole nitrogens is 2. The van der Waals surface area contributed by atoms with Crippen LogP contribution in [0.5, 0.6) is 11.5 Å². The van der Waals surface area contributed by atoms with Crippen LogP contribution in [0.2, 0.25) is 10.0 Å². The molecule has 0 aliphatic heterocycles. The van der Waals surface area contributed by atoms with Crippen LogP contribution in [-0.4, -0.2) is 21.5 Å². The van der Waals surface area contributed by atoms with E-state index in [0.717, 1.165) is 5.56 Å². The fourth-order valence-corrected chi connectivity index (χ4v) is 3.20. The highest BCUT2D eigenvalue weighted by Crippen LogP contribution is 2.38. The molecule has 0 saturated carbocycles. The van der Waals surface area contributed by atoms with E-state index in [1.165, 1.54) is 12.2 Å². The van der Waals surface area contributed by atoms with Gasteiger partial charge in [0.25, 0.3) is 0 Å². The van der Waals surface area contributed by atoms with Crippen molar-refractivity contribution in [3.05, 3.63) is 94.2 Å². The topological polar surface area (TPSA) is 127 Å². The van der Waals surface area contributed by atoms with E-state index in [-0.39, 0.29) is 17.3 Å². The average Bonchev–Trinajstić information content (AvgIpc) is 2.72. The zero-order valence-corrected chi connectivity index (χ0v) is 18.2. The molecular formula is C21H17Cl2N3O6. The number of nitro groups is 1. The molecule has 0 spiro atoms. The van der Waals surface area contributed by atoms with Gasteiger partial charge in [-0.2, -0.15) is 0 Å². The van der Waals surface area contributed by atoms with Crippen LogP contribution in [0.4, 0.5) is 5.69 Å². The summed E-state index contributed by atoms with van der Waals surface area (Å²) in [4.78, 5) is 37.6. The summed E-state index contributed by atoms with van der Waals surface area (Å²) in [5.74, 6) is 0.693. The van der Waals surface area contributed by atoms with E-state index in [1.54, 1.807) is 31.2 Å². The predicted molar refractivity (Wildman–Crippen MR) is 122 cm³/mol. The quantitative estimate of drug-likeness (QED) is 0.364. The first-order chi connectivity index (χ1) is 15.3. The fourth-order valence-electron chi connectivity index (χ4n) is 2.80. The Morgan fingerprint density at radius 1 is 1.06 bits per heavy atom. The maximum Gasteiger partial charge on any atom is 0.357 e. The van der Waals surface area contributed by atoms with Crippen molar-refractivity contribution in [1.29, 1.82) is 0 Å². The first-order valence-electron chi connectivity index (χ1n) is 9.31. The highest BCUT2D eigenvalue weighted by molar-refractivity contribution is 6.32. The lowest BCUT2D eigenvalue weighted by molar-refractivity contribution is -0.386. The molecule has 2 aromatic carbocycles. The van der Waals surface area contributed by atoms with E-state index in [9.17, 15) is 19.7 Å². The SMILES string of the molecule is CCOc1cc(/C=C\c2[nH]c(=O)[nH]c(=O)c2[N+](=O)[O-])cc(Cl)c1OCc1ccc(Cl)cc1. The molecule has 1 aromatic heterocycles. The van der Waals surface area contributed by atoms with Gasteiger partial charge in [-0.25, -0.2) is 4.79 Å². The molecule has 0 fully saturated rings. The van der Waals surface area contributed by atoms with Crippen molar-refractivity contribution in [2.45, 2.75) is 13.5 Å². The third kappa shape index (κ3) is 5.57. The van der Waals surface area contributed by atoms with Crippen LogP contribution < -0.4 is 20.7 Å². The highest BCUT2D eigenvalue weighted by atomic mass is 35.5. The third-order valence-corrected chi connectivity index (χ3v) is 4.73. The maximum absolute atomic E-state index is 11.7. The van der Waals surface area contributed by atoms with Crippen LogP contribution in [0.1, 0.15) is 23.7 Å². The summed E-state index contributed by atoms with van der Waals surface area (Å²) in [6, 6.07) is 10.3. The van der Waals surface area contributed by atoms with E-state index < -0.39 is 21.9 Å². The second-order valence-electron chi connectivity index (χ2n) is 6.44. The van der Waals surface area contributed by atoms with E-state index in [2.05, 4.69) is 4.98 Å². The summed E-state index contributed by atoms with van der Waals surface area (Å²) in [5, 5.41) is 12.0. The molecule has 0 radical (unpaired) electrons. The van der Waals surface area contributed by atoms with Crippen molar-refractivity contribution in [3.8, 4) is 11.5 Å². The lowest BCUT2D eigenvalue weighted by Crippen LogP contribution is -2.25. The molecule has 2 N–H and O–H groups in total. The average molecular weight is 478 g/mol. The van der Waals surface area contributed by atoms with Gasteiger partial charge in [0.05, 0.1) is 16.6 Å². The monoisotopic (exact) mass is 477 g/mol. The van der Waals surface area contributed by atoms with Gasteiger partial charge < -0.3 is 14.5 Å². The van der Waals surface area contributed by atoms with Crippen LogP contribution >= 0.6 is 23.2 Å². The summed E-state index contributed by atoms with van der Waals surface area (Å²) in [6.45, 7) is 2.36. The number of benzene rings is 2. The van der Waals surface area contributed by atoms with Gasteiger partial charge in [0.1, 0.15) is 12.3 Å². The lowest BCUT2D eigenvalue weighted by Gasteiger charge is -2.14. The molecule has 3 rings (SSSR count). The molecule has 0 amide bonds. The zero-order chi connectivity index (χ0) is 23.3. The molecule has 0 unspecified atom stereocenters. The second-order valence-corrected chi connectivity index (χ2v) is 7.28. The number of halogens is 2. The Balaban J connectivity index is 1.92. The van der Waals surface area contributed by atoms with Gasteiger partial charge in [0, 0.05) is 5.02 Å². The third-order valence-electron chi connectivity index (χ3n) is 4.20. The lowest BCUT2D eigenvalue weighted by atomic mass is 10.1. The van der Waals surface area contributed by atoms with Crippen molar-refractivity contribution < 1.29 is 14.4 Å². The summed E-state index contributed by atoms with van der Waals surface area (Å²) in [7, 11) is 0. The predicted octanol–water partition coefficient (Wildman–Crippen LogP) is 4.43. The summed E-state index contributed by atoms with van der Waals surface area (Å²) < 4.78 is 11.5. The Hall–Kier alpha value is -3.56. The number of hydrogen-bond acceptors (Lipinski definition) is 6. The highest BCUT2D eigenvalue weighted by Gasteiger charge is 2.19. The first kappa shape index (κ1) is 23.1. The van der Waals surface area contributed by atoms with Crippen molar-refractivity contribution in [3.63, 3.8) is 0 Å². The van der Waals surface area contributed by atoms with Gasteiger partial charge in [-0.15, -0.1) is 0 Å². The molecule has 0 saturated heterocycles. The summed E-state index contributed by atoms with van der Waals surface area (Å²) in [5.41, 5.74) is -1.60. The molecule has 0 atom stereocenters. The molecule has 0 bridgehead atoms. The number of nitrogens with one attached hydrogen (secondary N) is 2. The van der Waals surface area contributed by atoms with Crippen molar-refractivity contribution >= 4 is 41.0 Å². The van der Waals surface area contributed by atoms with E-state index in [0.29, 0.717) is 28.7 Å². The van der Waals surface area contributed by atoms with Crippen LogP contribution in [0.3, 0.4) is 0 Å². The maximum atomic E-state index is 11.7. The number of ether oxygens (including phenoxy) is 2. The van der Waals surface area contributed by atoms with Gasteiger partial charge in [-0.1, -0.05) is 41.4 Å². The number of nitrogens with zero attached hydrogens (tertiary/aromatic N) is 1. The van der Waals surface area contributed by atoms with Crippen LogP contribution in [-0.2, 0) is 6.61 Å². The Bertz CT molecular complexity index is 1280. The number of aromatic nitrogens is 2. The fraction of sp³-hybridized carbons (Fsp3) is 0.143. The van der Waals surface area contributed by atoms with E-state index in [4.69, 9.17) is 32.7 Å². The van der Waals surface area contributed by atoms with Crippen molar-refractivity contribution in [2.24, 2.45) is 0 Å². The Kier molecular flexibility index (Phi) is 7.34. The van der Waals surface area contributed by atoms with Crippen molar-refractivity contribution in [2.75, 3.05) is 6.61 Å². The number of rotatable bonds is 8. The summed E-state index contributed by atoms with van der Waals surface area (Å²) >= 11 is 12.3. The van der Waals surface area contributed by atoms with Gasteiger partial charge >= 0.3 is 16.9 Å². The van der Waals surface area contributed by atoms with Crippen LogP contribution in [0, 0.1) is 10.1 Å². The van der Waals surface area contributed by atoms with Gasteiger partial charge in [-0.05, 0) is 48.4 Å².